The van der Waals surface area contributed by atoms with Crippen LogP contribution in [0.5, 0.6) is 0 Å². The summed E-state index contributed by atoms with van der Waals surface area (Å²) in [6.07, 6.45) is 0. The van der Waals surface area contributed by atoms with Gasteiger partial charge in [-0.2, -0.15) is 0 Å². The van der Waals surface area contributed by atoms with Crippen LogP contribution in [0.15, 0.2) is 0 Å². The molecule has 0 aromatic carbocycles. The standard InChI is InChI=1S/8FH.Os/h8*1H;/q;;;;;;;;+8/p-8. The van der Waals surface area contributed by atoms with E-state index in [1.165, 1.54) is 0 Å². The van der Waals surface area contributed by atoms with Gasteiger partial charge in [-0.3, -0.25) is 0 Å². The van der Waals surface area contributed by atoms with Gasteiger partial charge >= 0.3 is 19.8 Å². The van der Waals surface area contributed by atoms with E-state index in [-0.39, 0.29) is 57.4 Å². The molecule has 0 unspecified atom stereocenters. The molecule has 0 spiro atoms. The molecule has 0 aromatic rings. The van der Waals surface area contributed by atoms with Crippen LogP contribution in [0.2, 0.25) is 0 Å². The predicted octanol–water partition coefficient (Wildman–Crippen LogP) is -24.0. The third kappa shape index (κ3) is 51100. The molecule has 0 saturated carbocycles. The van der Waals surface area contributed by atoms with Gasteiger partial charge in [0, 0.05) is 0 Å². The van der Waals surface area contributed by atoms with Crippen LogP contribution in [0.25, 0.3) is 0 Å². The first-order valence-corrected chi connectivity index (χ1v) is 0. The fourth-order valence-corrected chi connectivity index (χ4v) is 0. The van der Waals surface area contributed by atoms with E-state index in [1.807, 2.05) is 0 Å². The molecule has 0 heterocycles. The molecule has 0 aliphatic heterocycles. The Kier molecular flexibility index (Phi) is 782000000. The molecule has 9 heavy (non-hydrogen) atoms. The molecule has 0 radical (unpaired) electrons. The predicted molar refractivity (Wildman–Crippen MR) is 0 cm³/mol. The molecule has 0 atom stereocenters. The Hall–Kier alpha value is 0.0764. The second kappa shape index (κ2) is 69400. The van der Waals surface area contributed by atoms with Crippen molar-refractivity contribution >= 4 is 0 Å². The van der Waals surface area contributed by atoms with Crippen LogP contribution in [0, 0.1) is 0 Å². The van der Waals surface area contributed by atoms with Crippen molar-refractivity contribution in [1.82, 2.24) is 0 Å². The third-order valence-electron chi connectivity index (χ3n) is 0. The van der Waals surface area contributed by atoms with Gasteiger partial charge in [0.2, 0.25) is 0 Å². The van der Waals surface area contributed by atoms with E-state index in [0.717, 1.165) is 0 Å². The summed E-state index contributed by atoms with van der Waals surface area (Å²) in [5.74, 6) is 0. The van der Waals surface area contributed by atoms with Crippen LogP contribution < -0.4 is 37.6 Å². The first-order chi connectivity index (χ1) is 0. The van der Waals surface area contributed by atoms with Crippen LogP contribution in [-0.2, 0) is 19.8 Å². The molecule has 0 fully saturated rings. The van der Waals surface area contributed by atoms with E-state index in [4.69, 9.17) is 0 Å². The average molecular weight is 342 g/mol. The molecule has 0 aromatic heterocycles. The van der Waals surface area contributed by atoms with Gasteiger partial charge in [0.25, 0.3) is 0 Å². The van der Waals surface area contributed by atoms with Crippen molar-refractivity contribution < 1.29 is 57.4 Å². The van der Waals surface area contributed by atoms with Gasteiger partial charge in [-0.25, -0.2) is 0 Å². The molecule has 9 heteroatoms. The minimum absolute atomic E-state index is 0. The van der Waals surface area contributed by atoms with Crippen LogP contribution in [0.4, 0.5) is 0 Å². The second-order valence-electron chi connectivity index (χ2n) is 0. The minimum Gasteiger partial charge on any atom is -1.00 e. The van der Waals surface area contributed by atoms with Crippen LogP contribution in [-0.4, -0.2) is 0 Å². The zero-order valence-electron chi connectivity index (χ0n) is 3.38. The smallest absolute Gasteiger partial charge is 1.00 e. The van der Waals surface area contributed by atoms with Crippen molar-refractivity contribution in [1.29, 1.82) is 0 Å². The summed E-state index contributed by atoms with van der Waals surface area (Å²) in [5.41, 5.74) is 0. The summed E-state index contributed by atoms with van der Waals surface area (Å²) < 4.78 is 0. The van der Waals surface area contributed by atoms with E-state index in [2.05, 4.69) is 0 Å². The summed E-state index contributed by atoms with van der Waals surface area (Å²) in [4.78, 5) is 0. The fourth-order valence-electron chi connectivity index (χ4n) is 0. The first kappa shape index (κ1) is 102000. The van der Waals surface area contributed by atoms with E-state index in [9.17, 15) is 0 Å². The summed E-state index contributed by atoms with van der Waals surface area (Å²) >= 11 is 0. The largest absolute Gasteiger partial charge is 8.00 e. The maximum Gasteiger partial charge on any atom is 8.00 e. The zero-order valence-corrected chi connectivity index (χ0v) is 5.92. The molecule has 0 saturated heterocycles. The van der Waals surface area contributed by atoms with Crippen molar-refractivity contribution in [3.63, 3.8) is 0 Å². The van der Waals surface area contributed by atoms with Gasteiger partial charge in [0.15, 0.2) is 0 Å². The minimum atomic E-state index is 0. The zero-order chi connectivity index (χ0) is 0. The van der Waals surface area contributed by atoms with Crippen LogP contribution >= 0.6 is 0 Å². The van der Waals surface area contributed by atoms with Gasteiger partial charge in [-0.05, 0) is 0 Å². The molecule has 0 aliphatic carbocycles. The van der Waals surface area contributed by atoms with Gasteiger partial charge in [0.05, 0.1) is 0 Å². The van der Waals surface area contributed by atoms with Crippen molar-refractivity contribution in [3.8, 4) is 0 Å². The molecule has 0 aliphatic rings. The quantitative estimate of drug-likeness (QED) is 0.384. The Bertz CT molecular complexity index is 4.53. The van der Waals surface area contributed by atoms with E-state index < -0.39 is 0 Å². The second-order valence-corrected chi connectivity index (χ2v) is 0. The number of hydrogen-bond acceptors (Lipinski definition) is 0. The summed E-state index contributed by atoms with van der Waals surface area (Å²) in [6, 6.07) is 0. The fraction of sp³-hybridized carbons (Fsp3) is 0. The van der Waals surface area contributed by atoms with E-state index >= 15 is 0 Å². The van der Waals surface area contributed by atoms with Crippen molar-refractivity contribution in [2.75, 3.05) is 0 Å². The van der Waals surface area contributed by atoms with Crippen LogP contribution in [0.1, 0.15) is 0 Å². The Labute approximate surface area is 58.4 Å². The summed E-state index contributed by atoms with van der Waals surface area (Å²) in [5, 5.41) is 0. The first-order valence-electron chi connectivity index (χ1n) is 0. The SMILES string of the molecule is [F-].[F-].[F-].[F-].[F-].[F-].[F-].[F-].[Os+8]. The number of hydrogen-bond donors (Lipinski definition) is 0. The van der Waals surface area contributed by atoms with Crippen molar-refractivity contribution in [3.05, 3.63) is 0 Å². The van der Waals surface area contributed by atoms with Gasteiger partial charge in [-0.1, -0.05) is 0 Å². The maximum atomic E-state index is 0. The monoisotopic (exact) mass is 344 g/mol. The van der Waals surface area contributed by atoms with Gasteiger partial charge < -0.3 is 37.6 Å². The third-order valence-corrected chi connectivity index (χ3v) is 0. The van der Waals surface area contributed by atoms with Crippen molar-refractivity contribution in [2.24, 2.45) is 0 Å². The molecule has 0 N–H and O–H groups in total. The maximum absolute atomic E-state index is 0. The Balaban J connectivity index is 0. The molecule has 0 bridgehead atoms. The number of halogens is 8. The Morgan fingerprint density at radius 2 is 0.222 bits per heavy atom. The molecule has 0 amide bonds. The summed E-state index contributed by atoms with van der Waals surface area (Å²) in [6.45, 7) is 0. The van der Waals surface area contributed by atoms with E-state index in [0.29, 0.717) is 0 Å². The molecule has 0 rings (SSSR count). The number of rotatable bonds is 0. The average Bonchev–Trinajstić information content (AvgIpc) is 0. The van der Waals surface area contributed by atoms with E-state index in [1.54, 1.807) is 0 Å². The molecular formula is F8Os. The van der Waals surface area contributed by atoms with Crippen molar-refractivity contribution in [2.45, 2.75) is 0 Å². The molecular weight excluding hydrogens is 342 g/mol. The summed E-state index contributed by atoms with van der Waals surface area (Å²) in [7, 11) is 0. The van der Waals surface area contributed by atoms with Gasteiger partial charge in [-0.15, -0.1) is 0 Å². The van der Waals surface area contributed by atoms with Crippen LogP contribution in [0.3, 0.4) is 0 Å². The normalized spacial score (nSPS) is 0. The molecule has 64 valence electrons. The Morgan fingerprint density at radius 3 is 0.222 bits per heavy atom. The topological polar surface area (TPSA) is 0 Å². The Morgan fingerprint density at radius 1 is 0.222 bits per heavy atom. The van der Waals surface area contributed by atoms with Gasteiger partial charge in [0.1, 0.15) is 0 Å². The molecule has 0 nitrogen and oxygen atoms in total.